The second-order valence-corrected chi connectivity index (χ2v) is 5.46. The number of hydrogen-bond donors (Lipinski definition) is 1. The topological polar surface area (TPSA) is 55.1 Å². The van der Waals surface area contributed by atoms with Crippen molar-refractivity contribution in [3.8, 4) is 0 Å². The molecule has 4 nitrogen and oxygen atoms in total. The van der Waals surface area contributed by atoms with Crippen molar-refractivity contribution in [3.63, 3.8) is 0 Å². The van der Waals surface area contributed by atoms with Crippen LogP contribution in [0.15, 0.2) is 16.5 Å². The molecule has 1 aromatic heterocycles. The van der Waals surface area contributed by atoms with Crippen LogP contribution >= 0.6 is 0 Å². The van der Waals surface area contributed by atoms with E-state index in [1.807, 2.05) is 0 Å². The summed E-state index contributed by atoms with van der Waals surface area (Å²) in [4.78, 5) is 15.5. The molecule has 1 heterocycles. The van der Waals surface area contributed by atoms with Crippen molar-refractivity contribution < 1.29 is 9.21 Å². The highest BCUT2D eigenvalue weighted by molar-refractivity contribution is 5.79. The minimum Gasteiger partial charge on any atom is -0.440 e. The molecule has 0 saturated heterocycles. The quantitative estimate of drug-likeness (QED) is 0.931. The molecule has 1 aliphatic carbocycles. The Balaban J connectivity index is 1.90. The Morgan fingerprint density at radius 1 is 1.50 bits per heavy atom. The SMILES string of the molecule is CCc1nc2ccc3c(c2o1)[C@@H](CCNC(C)=O)CC3. The molecule has 1 atom stereocenters. The lowest BCUT2D eigenvalue weighted by Crippen LogP contribution is -2.22. The molecule has 3 rings (SSSR count). The van der Waals surface area contributed by atoms with Crippen molar-refractivity contribution in [2.24, 2.45) is 0 Å². The van der Waals surface area contributed by atoms with Crippen LogP contribution in [0.4, 0.5) is 0 Å². The van der Waals surface area contributed by atoms with Crippen LogP contribution in [0.5, 0.6) is 0 Å². The van der Waals surface area contributed by atoms with Crippen LogP contribution in [-0.2, 0) is 17.6 Å². The fraction of sp³-hybridized carbons (Fsp3) is 0.500. The van der Waals surface area contributed by atoms with E-state index in [2.05, 4.69) is 29.4 Å². The number of carbonyl (C=O) groups excluding carboxylic acids is 1. The number of aromatic nitrogens is 1. The van der Waals surface area contributed by atoms with E-state index in [4.69, 9.17) is 4.42 Å². The molecule has 0 spiro atoms. The molecule has 0 unspecified atom stereocenters. The predicted molar refractivity (Wildman–Crippen MR) is 77.7 cm³/mol. The second kappa shape index (κ2) is 5.27. The average molecular weight is 272 g/mol. The summed E-state index contributed by atoms with van der Waals surface area (Å²) in [6, 6.07) is 4.24. The maximum absolute atomic E-state index is 11.0. The minimum atomic E-state index is 0.0364. The van der Waals surface area contributed by atoms with Gasteiger partial charge < -0.3 is 9.73 Å². The molecule has 4 heteroatoms. The number of fused-ring (bicyclic) bond motifs is 3. The minimum absolute atomic E-state index is 0.0364. The normalized spacial score (nSPS) is 17.4. The summed E-state index contributed by atoms with van der Waals surface area (Å²) in [5, 5.41) is 2.88. The highest BCUT2D eigenvalue weighted by atomic mass is 16.3. The van der Waals surface area contributed by atoms with Gasteiger partial charge in [0.1, 0.15) is 5.52 Å². The third-order valence-corrected chi connectivity index (χ3v) is 4.07. The molecule has 0 fully saturated rings. The summed E-state index contributed by atoms with van der Waals surface area (Å²) in [5.41, 5.74) is 4.63. The summed E-state index contributed by atoms with van der Waals surface area (Å²) < 4.78 is 5.92. The summed E-state index contributed by atoms with van der Waals surface area (Å²) in [7, 11) is 0. The van der Waals surface area contributed by atoms with Crippen LogP contribution in [0.25, 0.3) is 11.1 Å². The van der Waals surface area contributed by atoms with Crippen LogP contribution in [-0.4, -0.2) is 17.4 Å². The van der Waals surface area contributed by atoms with Gasteiger partial charge in [0.2, 0.25) is 5.91 Å². The van der Waals surface area contributed by atoms with Gasteiger partial charge in [-0.1, -0.05) is 13.0 Å². The molecule has 0 bridgehead atoms. The molecular formula is C16H20N2O2. The van der Waals surface area contributed by atoms with Crippen molar-refractivity contribution in [2.45, 2.75) is 45.4 Å². The Morgan fingerprint density at radius 2 is 2.35 bits per heavy atom. The first-order valence-electron chi connectivity index (χ1n) is 7.34. The van der Waals surface area contributed by atoms with E-state index in [1.165, 1.54) is 11.1 Å². The zero-order valence-corrected chi connectivity index (χ0v) is 12.0. The molecule has 0 aliphatic heterocycles. The highest BCUT2D eigenvalue weighted by Crippen LogP contribution is 2.40. The van der Waals surface area contributed by atoms with Crippen molar-refractivity contribution in [1.82, 2.24) is 10.3 Å². The number of nitrogens with zero attached hydrogens (tertiary/aromatic N) is 1. The first-order valence-corrected chi connectivity index (χ1v) is 7.34. The zero-order valence-electron chi connectivity index (χ0n) is 12.0. The molecule has 1 aliphatic rings. The monoisotopic (exact) mass is 272 g/mol. The molecule has 1 amide bonds. The van der Waals surface area contributed by atoms with E-state index in [1.54, 1.807) is 6.92 Å². The van der Waals surface area contributed by atoms with Gasteiger partial charge in [0.25, 0.3) is 0 Å². The number of amides is 1. The van der Waals surface area contributed by atoms with Crippen LogP contribution in [0, 0.1) is 0 Å². The van der Waals surface area contributed by atoms with Gasteiger partial charge >= 0.3 is 0 Å². The van der Waals surface area contributed by atoms with E-state index >= 15 is 0 Å². The lowest BCUT2D eigenvalue weighted by Gasteiger charge is -2.11. The molecule has 1 aromatic carbocycles. The highest BCUT2D eigenvalue weighted by Gasteiger charge is 2.26. The van der Waals surface area contributed by atoms with Crippen molar-refractivity contribution in [3.05, 3.63) is 29.2 Å². The van der Waals surface area contributed by atoms with E-state index < -0.39 is 0 Å². The Hall–Kier alpha value is -1.84. The Morgan fingerprint density at radius 3 is 3.10 bits per heavy atom. The standard InChI is InChI=1S/C16H20N2O2/c1-3-14-18-13-7-6-11-4-5-12(8-9-17-10(2)19)15(11)16(13)20-14/h6-7,12H,3-5,8-9H2,1-2H3,(H,17,19)/t12-/m1/s1. The maximum Gasteiger partial charge on any atom is 0.216 e. The van der Waals surface area contributed by atoms with Crippen LogP contribution in [0.2, 0.25) is 0 Å². The smallest absolute Gasteiger partial charge is 0.216 e. The first kappa shape index (κ1) is 13.2. The number of aryl methyl sites for hydroxylation is 2. The fourth-order valence-electron chi connectivity index (χ4n) is 3.10. The third kappa shape index (κ3) is 2.30. The van der Waals surface area contributed by atoms with Gasteiger partial charge in [-0.2, -0.15) is 0 Å². The van der Waals surface area contributed by atoms with E-state index in [0.29, 0.717) is 5.92 Å². The van der Waals surface area contributed by atoms with Gasteiger partial charge in [-0.3, -0.25) is 4.79 Å². The molecule has 0 saturated carbocycles. The molecule has 1 N–H and O–H groups in total. The number of benzene rings is 1. The molecular weight excluding hydrogens is 252 g/mol. The largest absolute Gasteiger partial charge is 0.440 e. The van der Waals surface area contributed by atoms with Gasteiger partial charge in [0, 0.05) is 25.5 Å². The first-order chi connectivity index (χ1) is 9.69. The molecule has 106 valence electrons. The summed E-state index contributed by atoms with van der Waals surface area (Å²) in [6.45, 7) is 4.34. The van der Waals surface area contributed by atoms with E-state index in [-0.39, 0.29) is 5.91 Å². The number of oxazole rings is 1. The van der Waals surface area contributed by atoms with Gasteiger partial charge in [0.05, 0.1) is 0 Å². The van der Waals surface area contributed by atoms with Crippen molar-refractivity contribution >= 4 is 17.0 Å². The summed E-state index contributed by atoms with van der Waals surface area (Å²) in [6.07, 6.45) is 4.02. The number of nitrogens with one attached hydrogen (secondary N) is 1. The fourth-order valence-corrected chi connectivity index (χ4v) is 3.10. The second-order valence-electron chi connectivity index (χ2n) is 5.46. The lowest BCUT2D eigenvalue weighted by atomic mass is 9.97. The number of hydrogen-bond acceptors (Lipinski definition) is 3. The summed E-state index contributed by atoms with van der Waals surface area (Å²) in [5.74, 6) is 1.31. The van der Waals surface area contributed by atoms with Gasteiger partial charge in [0.15, 0.2) is 11.5 Å². The van der Waals surface area contributed by atoms with E-state index in [9.17, 15) is 4.79 Å². The van der Waals surface area contributed by atoms with Gasteiger partial charge in [-0.15, -0.1) is 0 Å². The zero-order chi connectivity index (χ0) is 14.1. The average Bonchev–Trinajstić information content (AvgIpc) is 3.00. The lowest BCUT2D eigenvalue weighted by molar-refractivity contribution is -0.118. The Labute approximate surface area is 118 Å². The third-order valence-electron chi connectivity index (χ3n) is 4.07. The van der Waals surface area contributed by atoms with E-state index in [0.717, 1.165) is 49.2 Å². The molecule has 20 heavy (non-hydrogen) atoms. The number of carbonyl (C=O) groups is 1. The van der Waals surface area contributed by atoms with Crippen molar-refractivity contribution in [1.29, 1.82) is 0 Å². The Kier molecular flexibility index (Phi) is 3.47. The molecule has 0 radical (unpaired) electrons. The van der Waals surface area contributed by atoms with Crippen LogP contribution in [0.3, 0.4) is 0 Å². The van der Waals surface area contributed by atoms with Crippen LogP contribution in [0.1, 0.15) is 49.6 Å². The summed E-state index contributed by atoms with van der Waals surface area (Å²) >= 11 is 0. The molecule has 2 aromatic rings. The van der Waals surface area contributed by atoms with Crippen LogP contribution < -0.4 is 5.32 Å². The predicted octanol–water partition coefficient (Wildman–Crippen LogP) is 2.95. The van der Waals surface area contributed by atoms with Gasteiger partial charge in [-0.25, -0.2) is 4.98 Å². The van der Waals surface area contributed by atoms with Crippen molar-refractivity contribution in [2.75, 3.05) is 6.54 Å². The Bertz CT molecular complexity index is 645. The maximum atomic E-state index is 11.0. The number of rotatable bonds is 4. The van der Waals surface area contributed by atoms with Gasteiger partial charge in [-0.05, 0) is 36.8 Å².